The topological polar surface area (TPSA) is 120 Å². The third kappa shape index (κ3) is 5.86. The second kappa shape index (κ2) is 9.81. The van der Waals surface area contributed by atoms with Crippen molar-refractivity contribution < 1.29 is 19.0 Å². The van der Waals surface area contributed by atoms with Crippen molar-refractivity contribution in [2.24, 2.45) is 0 Å². The zero-order valence-corrected chi connectivity index (χ0v) is 17.7. The number of aromatic amines is 1. The molecule has 0 fully saturated rings. The number of ether oxygens (including phenoxy) is 3. The maximum atomic E-state index is 12.0. The van der Waals surface area contributed by atoms with Gasteiger partial charge in [0.2, 0.25) is 5.88 Å². The number of carbonyl (C=O) groups excluding carboxylic acids is 1. The predicted molar refractivity (Wildman–Crippen MR) is 112 cm³/mol. The lowest BCUT2D eigenvalue weighted by atomic mass is 10.2. The van der Waals surface area contributed by atoms with E-state index in [-0.39, 0.29) is 29.1 Å². The van der Waals surface area contributed by atoms with Crippen LogP contribution in [0.25, 0.3) is 11.4 Å². The molecule has 0 saturated heterocycles. The van der Waals surface area contributed by atoms with Gasteiger partial charge in [-0.05, 0) is 19.1 Å². The molecule has 1 unspecified atom stereocenters. The Morgan fingerprint density at radius 1 is 1.13 bits per heavy atom. The maximum Gasteiger partial charge on any atom is 0.273 e. The fraction of sp³-hybridized carbons (Fsp3) is 0.286. The number of aromatic nitrogens is 4. The van der Waals surface area contributed by atoms with Crippen LogP contribution in [0.1, 0.15) is 17.4 Å². The van der Waals surface area contributed by atoms with Crippen molar-refractivity contribution in [3.63, 3.8) is 0 Å². The summed E-state index contributed by atoms with van der Waals surface area (Å²) in [6, 6.07) is 6.43. The molecule has 1 amide bonds. The maximum absolute atomic E-state index is 12.0. The van der Waals surface area contributed by atoms with Gasteiger partial charge in [-0.15, -0.1) is 0 Å². The summed E-state index contributed by atoms with van der Waals surface area (Å²) in [6.45, 7) is 2.26. The third-order valence-electron chi connectivity index (χ3n) is 4.04. The monoisotopic (exact) mass is 425 g/mol. The van der Waals surface area contributed by atoms with E-state index in [1.54, 1.807) is 39.4 Å². The van der Waals surface area contributed by atoms with Gasteiger partial charge >= 0.3 is 0 Å². The van der Waals surface area contributed by atoms with Gasteiger partial charge in [0.15, 0.2) is 0 Å². The summed E-state index contributed by atoms with van der Waals surface area (Å²) in [6.07, 6.45) is 3.91. The molecule has 10 nitrogen and oxygen atoms in total. The smallest absolute Gasteiger partial charge is 0.273 e. The number of nitrogens with one attached hydrogen (secondary N) is 1. The summed E-state index contributed by atoms with van der Waals surface area (Å²) in [5.74, 6) is 1.18. The molecule has 3 rings (SSSR count). The van der Waals surface area contributed by atoms with Gasteiger partial charge in [-0.2, -0.15) is 0 Å². The standard InChI is InChI=1S/C21H23N5O5/c1-13(12-29-4)30-15-7-14(20-22-6-5-18(27)25-20)8-16(9-15)31-19-11-23-17(10-24-19)21(28)26(2)3/h5-11,13H,12H2,1-4H3,(H,22,25,27). The van der Waals surface area contributed by atoms with Gasteiger partial charge in [0, 0.05) is 45.1 Å². The summed E-state index contributed by atoms with van der Waals surface area (Å²) >= 11 is 0. The Bertz CT molecular complexity index is 1100. The van der Waals surface area contributed by atoms with Crippen molar-refractivity contribution >= 4 is 5.91 Å². The first-order valence-corrected chi connectivity index (χ1v) is 9.43. The summed E-state index contributed by atoms with van der Waals surface area (Å²) in [4.78, 5) is 40.2. The van der Waals surface area contributed by atoms with Crippen LogP contribution >= 0.6 is 0 Å². The average Bonchev–Trinajstić information content (AvgIpc) is 2.73. The number of rotatable bonds is 8. The van der Waals surface area contributed by atoms with Crippen LogP contribution in [0.5, 0.6) is 17.4 Å². The third-order valence-corrected chi connectivity index (χ3v) is 4.04. The molecule has 10 heteroatoms. The highest BCUT2D eigenvalue weighted by Gasteiger charge is 2.13. The molecule has 1 N–H and O–H groups in total. The number of hydrogen-bond acceptors (Lipinski definition) is 8. The number of H-pyrrole nitrogens is 1. The first-order valence-electron chi connectivity index (χ1n) is 9.43. The molecular weight excluding hydrogens is 402 g/mol. The van der Waals surface area contributed by atoms with Gasteiger partial charge in [0.25, 0.3) is 11.5 Å². The second-order valence-electron chi connectivity index (χ2n) is 6.90. The van der Waals surface area contributed by atoms with Crippen LogP contribution in [0, 0.1) is 0 Å². The van der Waals surface area contributed by atoms with Crippen molar-refractivity contribution in [3.8, 4) is 28.8 Å². The van der Waals surface area contributed by atoms with E-state index in [1.807, 2.05) is 6.92 Å². The lowest BCUT2D eigenvalue weighted by Gasteiger charge is -2.16. The highest BCUT2D eigenvalue weighted by molar-refractivity contribution is 5.91. The molecule has 0 spiro atoms. The van der Waals surface area contributed by atoms with E-state index in [0.29, 0.717) is 29.5 Å². The number of amides is 1. The molecule has 2 heterocycles. The minimum absolute atomic E-state index is 0.192. The van der Waals surface area contributed by atoms with Crippen molar-refractivity contribution in [2.75, 3.05) is 27.8 Å². The number of benzene rings is 1. The first-order chi connectivity index (χ1) is 14.9. The molecule has 0 aliphatic rings. The van der Waals surface area contributed by atoms with E-state index in [0.717, 1.165) is 0 Å². The lowest BCUT2D eigenvalue weighted by Crippen LogP contribution is -2.22. The molecule has 1 aromatic carbocycles. The molecule has 0 bridgehead atoms. The van der Waals surface area contributed by atoms with E-state index in [4.69, 9.17) is 14.2 Å². The minimum Gasteiger partial charge on any atom is -0.488 e. The Hall–Kier alpha value is -3.79. The van der Waals surface area contributed by atoms with Crippen molar-refractivity contribution in [1.29, 1.82) is 0 Å². The number of carbonyl (C=O) groups is 1. The van der Waals surface area contributed by atoms with Gasteiger partial charge in [-0.1, -0.05) is 0 Å². The van der Waals surface area contributed by atoms with Crippen LogP contribution in [0.4, 0.5) is 0 Å². The van der Waals surface area contributed by atoms with Crippen molar-refractivity contribution in [2.45, 2.75) is 13.0 Å². The summed E-state index contributed by atoms with van der Waals surface area (Å²) < 4.78 is 16.8. The van der Waals surface area contributed by atoms with Crippen LogP contribution in [0.2, 0.25) is 0 Å². The normalized spacial score (nSPS) is 11.6. The summed E-state index contributed by atoms with van der Waals surface area (Å²) in [7, 11) is 4.86. The highest BCUT2D eigenvalue weighted by Crippen LogP contribution is 2.30. The van der Waals surface area contributed by atoms with E-state index >= 15 is 0 Å². The molecule has 162 valence electrons. The Morgan fingerprint density at radius 2 is 1.90 bits per heavy atom. The molecule has 1 atom stereocenters. The summed E-state index contributed by atoms with van der Waals surface area (Å²) in [5.41, 5.74) is 0.510. The van der Waals surface area contributed by atoms with Gasteiger partial charge in [0.05, 0.1) is 19.0 Å². The predicted octanol–water partition coefficient (Wildman–Crippen LogP) is 2.13. The van der Waals surface area contributed by atoms with Gasteiger partial charge in [-0.3, -0.25) is 9.59 Å². The fourth-order valence-corrected chi connectivity index (χ4v) is 2.68. The lowest BCUT2D eigenvalue weighted by molar-refractivity contribution is 0.0821. The van der Waals surface area contributed by atoms with Gasteiger partial charge < -0.3 is 24.1 Å². The molecule has 0 radical (unpaired) electrons. The molecule has 3 aromatic rings. The SMILES string of the molecule is COCC(C)Oc1cc(Oc2cnc(C(=O)N(C)C)cn2)cc(-c2nccc(=O)[nH]2)c1. The van der Waals surface area contributed by atoms with Crippen LogP contribution in [-0.2, 0) is 4.74 Å². The van der Waals surface area contributed by atoms with Gasteiger partial charge in [0.1, 0.15) is 29.1 Å². The Kier molecular flexibility index (Phi) is 6.93. The average molecular weight is 425 g/mol. The van der Waals surface area contributed by atoms with Gasteiger partial charge in [-0.25, -0.2) is 15.0 Å². The van der Waals surface area contributed by atoms with E-state index in [9.17, 15) is 9.59 Å². The van der Waals surface area contributed by atoms with Crippen molar-refractivity contribution in [1.82, 2.24) is 24.8 Å². The minimum atomic E-state index is -0.279. The van der Waals surface area contributed by atoms with Crippen LogP contribution < -0.4 is 15.0 Å². The van der Waals surface area contributed by atoms with Crippen LogP contribution in [0.3, 0.4) is 0 Å². The first kappa shape index (κ1) is 21.9. The van der Waals surface area contributed by atoms with Crippen molar-refractivity contribution in [3.05, 3.63) is 58.9 Å². The van der Waals surface area contributed by atoms with E-state index in [1.165, 1.54) is 29.6 Å². The van der Waals surface area contributed by atoms with E-state index in [2.05, 4.69) is 19.9 Å². The fourth-order valence-electron chi connectivity index (χ4n) is 2.68. The quantitative estimate of drug-likeness (QED) is 0.583. The Morgan fingerprint density at radius 3 is 2.55 bits per heavy atom. The second-order valence-corrected chi connectivity index (χ2v) is 6.90. The zero-order chi connectivity index (χ0) is 22.4. The highest BCUT2D eigenvalue weighted by atomic mass is 16.5. The van der Waals surface area contributed by atoms with Crippen LogP contribution in [-0.4, -0.2) is 64.7 Å². The van der Waals surface area contributed by atoms with E-state index < -0.39 is 0 Å². The number of nitrogens with zero attached hydrogens (tertiary/aromatic N) is 4. The largest absolute Gasteiger partial charge is 0.488 e. The number of methoxy groups -OCH3 is 1. The summed E-state index contributed by atoms with van der Waals surface area (Å²) in [5, 5.41) is 0. The molecule has 31 heavy (non-hydrogen) atoms. The molecule has 0 aliphatic heterocycles. The Balaban J connectivity index is 1.92. The van der Waals surface area contributed by atoms with Crippen LogP contribution in [0.15, 0.2) is 47.7 Å². The molecule has 0 saturated carbocycles. The zero-order valence-electron chi connectivity index (χ0n) is 17.7. The molecular formula is C21H23N5O5. The number of hydrogen-bond donors (Lipinski definition) is 1. The molecule has 0 aliphatic carbocycles. The Labute approximate surface area is 178 Å². The molecule has 2 aromatic heterocycles.